The first-order valence-electron chi connectivity index (χ1n) is 14.0. The molecule has 10 nitrogen and oxygen atoms in total. The molecular formula is C32H32N6O4S. The summed E-state index contributed by atoms with van der Waals surface area (Å²) < 4.78 is 12.1. The highest BCUT2D eigenvalue weighted by Gasteiger charge is 2.49. The topological polar surface area (TPSA) is 170 Å². The number of ether oxygens (including phenoxy) is 2. The lowest BCUT2D eigenvalue weighted by Gasteiger charge is -2.37. The maximum atomic E-state index is 14.2. The van der Waals surface area contributed by atoms with Gasteiger partial charge >= 0.3 is 0 Å². The van der Waals surface area contributed by atoms with Crippen molar-refractivity contribution >= 4 is 38.8 Å². The molecule has 0 saturated carbocycles. The molecule has 2 aliphatic rings. The number of hydrogen-bond acceptors (Lipinski definition) is 10. The fourth-order valence-electron chi connectivity index (χ4n) is 6.24. The van der Waals surface area contributed by atoms with Crippen LogP contribution in [0.25, 0.3) is 10.1 Å². The zero-order chi connectivity index (χ0) is 30.5. The third-order valence-corrected chi connectivity index (χ3v) is 9.59. The lowest BCUT2D eigenvalue weighted by molar-refractivity contribution is -0.124. The Labute approximate surface area is 253 Å². The highest BCUT2D eigenvalue weighted by Crippen LogP contribution is 2.50. The average molecular weight is 597 g/mol. The summed E-state index contributed by atoms with van der Waals surface area (Å²) in [5.74, 6) is 0.935. The number of nitrogen functional groups attached to an aromatic ring is 1. The number of methoxy groups -OCH3 is 1. The first-order valence-corrected chi connectivity index (χ1v) is 14.8. The van der Waals surface area contributed by atoms with Crippen LogP contribution in [0.1, 0.15) is 50.8 Å². The third kappa shape index (κ3) is 4.64. The molecule has 3 atom stereocenters. The van der Waals surface area contributed by atoms with E-state index in [1.807, 2.05) is 31.2 Å². The van der Waals surface area contributed by atoms with Crippen LogP contribution in [0.3, 0.4) is 0 Å². The average Bonchev–Trinajstić information content (AvgIpc) is 3.42. The fourth-order valence-corrected chi connectivity index (χ4v) is 7.44. The number of nitrogens with one attached hydrogen (secondary N) is 1. The Bertz CT molecular complexity index is 1810. The van der Waals surface area contributed by atoms with Crippen molar-refractivity contribution in [2.24, 2.45) is 11.5 Å². The summed E-state index contributed by atoms with van der Waals surface area (Å²) in [5, 5.41) is 13.0. The second-order valence-electron chi connectivity index (χ2n) is 11.0. The number of likely N-dealkylation sites (tertiary alicyclic amines) is 1. The minimum Gasteiger partial charge on any atom is -0.493 e. The normalized spacial score (nSPS) is 21.4. The van der Waals surface area contributed by atoms with Crippen molar-refractivity contribution in [3.05, 3.63) is 81.7 Å². The van der Waals surface area contributed by atoms with Gasteiger partial charge < -0.3 is 36.9 Å². The van der Waals surface area contributed by atoms with Gasteiger partial charge in [-0.1, -0.05) is 24.3 Å². The van der Waals surface area contributed by atoms with Crippen LogP contribution < -0.4 is 32.0 Å². The molecule has 11 heteroatoms. The highest BCUT2D eigenvalue weighted by atomic mass is 32.1. The summed E-state index contributed by atoms with van der Waals surface area (Å²) in [6.07, 6.45) is 3.70. The molecule has 0 radical (unpaired) electrons. The first kappa shape index (κ1) is 28.5. The number of rotatable bonds is 6. The largest absolute Gasteiger partial charge is 0.493 e. The standard InChI is InChI=1S/C32H32N6O4S/c1-17-14-19(42-24-8-4-3-7-23(24)41-2)9-10-20(17)32(36)21-11-12-22(34)28-25(21)26(27(35)30(32)39)29(43-28)31(40)37-18-6-5-13-38(15-18)16-33/h3-4,7-12,14,18,27H,5-6,13,15,34-36H2,1-2H3,(H,37,40). The number of nitriles is 1. The van der Waals surface area contributed by atoms with Crippen molar-refractivity contribution < 1.29 is 19.1 Å². The van der Waals surface area contributed by atoms with Gasteiger partial charge in [-0.15, -0.1) is 11.3 Å². The zero-order valence-corrected chi connectivity index (χ0v) is 24.7. The SMILES string of the molecule is COc1ccccc1Oc1ccc(C2(N)C(=O)C(N)c3c(C(=O)NC4CCCN(C#N)C4)sc4c(N)ccc2c34)c(C)c1. The molecule has 0 bridgehead atoms. The first-order chi connectivity index (χ1) is 20.7. The monoisotopic (exact) mass is 596 g/mol. The van der Waals surface area contributed by atoms with Crippen molar-refractivity contribution in [2.45, 2.75) is 37.4 Å². The van der Waals surface area contributed by atoms with Gasteiger partial charge in [-0.3, -0.25) is 9.59 Å². The molecule has 6 rings (SSSR count). The minimum absolute atomic E-state index is 0.196. The Kier molecular flexibility index (Phi) is 7.22. The highest BCUT2D eigenvalue weighted by molar-refractivity contribution is 7.21. The van der Waals surface area contributed by atoms with Crippen molar-refractivity contribution in [1.82, 2.24) is 10.2 Å². The summed E-state index contributed by atoms with van der Waals surface area (Å²) in [5.41, 5.74) is 21.3. The van der Waals surface area contributed by atoms with Crippen LogP contribution in [0.5, 0.6) is 17.2 Å². The molecule has 2 heterocycles. The van der Waals surface area contributed by atoms with Crippen molar-refractivity contribution in [3.63, 3.8) is 0 Å². The number of aryl methyl sites for hydroxylation is 1. The number of thiophene rings is 1. The predicted molar refractivity (Wildman–Crippen MR) is 165 cm³/mol. The molecule has 1 aliphatic carbocycles. The van der Waals surface area contributed by atoms with Crippen LogP contribution in [0.2, 0.25) is 0 Å². The predicted octanol–water partition coefficient (Wildman–Crippen LogP) is 4.05. The molecule has 1 aromatic heterocycles. The molecule has 220 valence electrons. The van der Waals surface area contributed by atoms with Crippen molar-refractivity contribution in [2.75, 3.05) is 25.9 Å². The molecule has 7 N–H and O–H groups in total. The summed E-state index contributed by atoms with van der Waals surface area (Å²) in [4.78, 5) is 29.8. The van der Waals surface area contributed by atoms with E-state index in [0.29, 0.717) is 67.7 Å². The third-order valence-electron chi connectivity index (χ3n) is 8.34. The van der Waals surface area contributed by atoms with E-state index in [1.165, 1.54) is 11.3 Å². The molecule has 4 aromatic rings. The quantitative estimate of drug-likeness (QED) is 0.189. The number of carbonyl (C=O) groups is 2. The van der Waals surface area contributed by atoms with E-state index in [-0.39, 0.29) is 11.9 Å². The maximum absolute atomic E-state index is 14.2. The van der Waals surface area contributed by atoms with Crippen molar-refractivity contribution in [1.29, 1.82) is 5.26 Å². The van der Waals surface area contributed by atoms with Gasteiger partial charge in [0.25, 0.3) is 5.91 Å². The van der Waals surface area contributed by atoms with E-state index in [9.17, 15) is 14.9 Å². The second-order valence-corrected chi connectivity index (χ2v) is 12.0. The lowest BCUT2D eigenvalue weighted by Crippen LogP contribution is -2.53. The van der Waals surface area contributed by atoms with E-state index in [1.54, 1.807) is 42.3 Å². The number of piperidine rings is 1. The number of nitrogens with two attached hydrogens (primary N) is 3. The number of para-hydroxylation sites is 2. The summed E-state index contributed by atoms with van der Waals surface area (Å²) in [7, 11) is 1.58. The zero-order valence-electron chi connectivity index (χ0n) is 23.8. The molecule has 1 fully saturated rings. The second kappa shape index (κ2) is 10.9. The molecule has 1 aliphatic heterocycles. The maximum Gasteiger partial charge on any atom is 0.262 e. The van der Waals surface area contributed by atoms with E-state index in [4.69, 9.17) is 26.7 Å². The summed E-state index contributed by atoms with van der Waals surface area (Å²) in [6.45, 7) is 2.97. The van der Waals surface area contributed by atoms with Gasteiger partial charge in [0.1, 0.15) is 11.3 Å². The van der Waals surface area contributed by atoms with Crippen LogP contribution in [-0.2, 0) is 10.3 Å². The smallest absolute Gasteiger partial charge is 0.262 e. The van der Waals surface area contributed by atoms with Gasteiger partial charge in [-0.05, 0) is 66.8 Å². The van der Waals surface area contributed by atoms with Gasteiger partial charge in [0.15, 0.2) is 23.5 Å². The van der Waals surface area contributed by atoms with E-state index < -0.39 is 17.4 Å². The molecule has 0 spiro atoms. The molecule has 43 heavy (non-hydrogen) atoms. The molecule has 1 saturated heterocycles. The molecule has 3 unspecified atom stereocenters. The van der Waals surface area contributed by atoms with Crippen molar-refractivity contribution in [3.8, 4) is 23.4 Å². The van der Waals surface area contributed by atoms with Gasteiger partial charge in [-0.25, -0.2) is 0 Å². The summed E-state index contributed by atoms with van der Waals surface area (Å²) >= 11 is 1.21. The molecular weight excluding hydrogens is 564 g/mol. The van der Waals surface area contributed by atoms with Crippen LogP contribution >= 0.6 is 11.3 Å². The number of anilines is 1. The van der Waals surface area contributed by atoms with E-state index >= 15 is 0 Å². The minimum atomic E-state index is -1.59. The molecule has 3 aromatic carbocycles. The van der Waals surface area contributed by atoms with Crippen LogP contribution in [0.15, 0.2) is 54.6 Å². The van der Waals surface area contributed by atoms with Gasteiger partial charge in [0, 0.05) is 35.8 Å². The number of carbonyl (C=O) groups excluding carboxylic acids is 2. The number of hydrogen-bond donors (Lipinski definition) is 4. The molecule has 1 amide bonds. The number of ketones is 1. The number of benzene rings is 3. The Morgan fingerprint density at radius 3 is 2.63 bits per heavy atom. The summed E-state index contributed by atoms with van der Waals surface area (Å²) in [6, 6.07) is 14.8. The Balaban J connectivity index is 1.41. The Hall–Kier alpha value is -4.63. The fraction of sp³-hybridized carbons (Fsp3) is 0.281. The van der Waals surface area contributed by atoms with Gasteiger partial charge in [0.05, 0.1) is 22.7 Å². The lowest BCUT2D eigenvalue weighted by atomic mass is 9.69. The Morgan fingerprint density at radius 2 is 1.91 bits per heavy atom. The number of Topliss-reactive ketones (excluding diaryl/α,β-unsaturated/α-hetero) is 1. The van der Waals surface area contributed by atoms with Gasteiger partial charge in [-0.2, -0.15) is 5.26 Å². The van der Waals surface area contributed by atoms with Crippen LogP contribution in [0, 0.1) is 18.4 Å². The number of amides is 1. The van der Waals surface area contributed by atoms with Gasteiger partial charge in [0.2, 0.25) is 0 Å². The number of nitrogens with zero attached hydrogens (tertiary/aromatic N) is 2. The van der Waals surface area contributed by atoms with E-state index in [2.05, 4.69) is 11.5 Å². The Morgan fingerprint density at radius 1 is 1.16 bits per heavy atom. The van der Waals surface area contributed by atoms with E-state index in [0.717, 1.165) is 18.4 Å². The van der Waals surface area contributed by atoms with Crippen LogP contribution in [-0.4, -0.2) is 42.8 Å². The van der Waals surface area contributed by atoms with Crippen LogP contribution in [0.4, 0.5) is 5.69 Å².